The molecule has 0 aliphatic carbocycles. The minimum absolute atomic E-state index is 0.0438. The van der Waals surface area contributed by atoms with Crippen LogP contribution in [0.2, 0.25) is 0 Å². The zero-order valence-corrected chi connectivity index (χ0v) is 17.5. The lowest BCUT2D eigenvalue weighted by Crippen LogP contribution is -3.12. The Bertz CT molecular complexity index is 876. The molecule has 2 fully saturated rings. The highest BCUT2D eigenvalue weighted by molar-refractivity contribution is 5.71. The Kier molecular flexibility index (Phi) is 5.98. The fourth-order valence-electron chi connectivity index (χ4n) is 4.37. The van der Waals surface area contributed by atoms with Crippen LogP contribution in [0, 0.1) is 16.0 Å². The molecule has 0 unspecified atom stereocenters. The third-order valence-corrected chi connectivity index (χ3v) is 6.24. The van der Waals surface area contributed by atoms with Gasteiger partial charge >= 0.3 is 5.69 Å². The van der Waals surface area contributed by atoms with E-state index in [0.717, 1.165) is 58.5 Å². The Labute approximate surface area is 176 Å². The average molecular weight is 413 g/mol. The number of aromatic nitrogens is 2. The number of piperazine rings is 1. The van der Waals surface area contributed by atoms with Crippen molar-refractivity contribution < 1.29 is 9.82 Å². The summed E-state index contributed by atoms with van der Waals surface area (Å²) in [5.41, 5.74) is 7.22. The molecule has 0 amide bonds. The van der Waals surface area contributed by atoms with Crippen LogP contribution in [0.15, 0.2) is 30.3 Å². The minimum Gasteiger partial charge on any atom is -0.378 e. The summed E-state index contributed by atoms with van der Waals surface area (Å²) in [6.07, 6.45) is 2.99. The van der Waals surface area contributed by atoms with Crippen molar-refractivity contribution in [3.8, 4) is 0 Å². The van der Waals surface area contributed by atoms with Gasteiger partial charge in [0, 0.05) is 13.1 Å². The van der Waals surface area contributed by atoms with E-state index in [1.54, 1.807) is 0 Å². The Morgan fingerprint density at radius 2 is 1.77 bits per heavy atom. The van der Waals surface area contributed by atoms with Crippen molar-refractivity contribution in [2.45, 2.75) is 19.3 Å². The third kappa shape index (κ3) is 4.46. The molecule has 2 aliphatic rings. The Balaban J connectivity index is 1.51. The molecule has 0 bridgehead atoms. The number of anilines is 3. The van der Waals surface area contributed by atoms with Crippen molar-refractivity contribution in [1.82, 2.24) is 9.97 Å². The maximum absolute atomic E-state index is 11.7. The maximum Gasteiger partial charge on any atom is 0.353 e. The predicted octanol–water partition coefficient (Wildman–Crippen LogP) is 0.761. The van der Waals surface area contributed by atoms with Crippen LogP contribution in [0.25, 0.3) is 0 Å². The van der Waals surface area contributed by atoms with Crippen molar-refractivity contribution in [1.29, 1.82) is 0 Å². The van der Waals surface area contributed by atoms with Gasteiger partial charge in [0.2, 0.25) is 17.6 Å². The number of quaternary nitrogens is 1. The normalized spacial score (nSPS) is 18.6. The number of nitrogen functional groups attached to an aromatic ring is 1. The lowest BCUT2D eigenvalue weighted by Gasteiger charge is -2.34. The van der Waals surface area contributed by atoms with E-state index in [1.165, 1.54) is 10.5 Å². The summed E-state index contributed by atoms with van der Waals surface area (Å²) in [7, 11) is 2.16. The van der Waals surface area contributed by atoms with Crippen molar-refractivity contribution in [3.05, 3.63) is 46.0 Å². The summed E-state index contributed by atoms with van der Waals surface area (Å²) in [6, 6.07) is 10.5. The second kappa shape index (κ2) is 8.83. The molecule has 2 aliphatic heterocycles. The van der Waals surface area contributed by atoms with E-state index in [1.807, 2.05) is 11.0 Å². The average Bonchev–Trinajstić information content (AvgIpc) is 2.75. The van der Waals surface area contributed by atoms with Crippen molar-refractivity contribution in [2.24, 2.45) is 5.92 Å². The van der Waals surface area contributed by atoms with Gasteiger partial charge in [0.15, 0.2) is 0 Å². The first-order chi connectivity index (χ1) is 14.5. The molecule has 0 saturated carbocycles. The molecule has 160 valence electrons. The molecule has 2 aromatic rings. The van der Waals surface area contributed by atoms with Crippen molar-refractivity contribution in [2.75, 3.05) is 61.8 Å². The molecule has 0 atom stereocenters. The summed E-state index contributed by atoms with van der Waals surface area (Å²) < 4.78 is 0. The number of nitrogens with one attached hydrogen (secondary N) is 1. The highest BCUT2D eigenvalue weighted by Crippen LogP contribution is 2.35. The zero-order chi connectivity index (χ0) is 21.1. The Morgan fingerprint density at radius 3 is 2.40 bits per heavy atom. The number of likely N-dealkylation sites (N-methyl/N-ethyl adjacent to an activating group) is 1. The van der Waals surface area contributed by atoms with Gasteiger partial charge in [-0.3, -0.25) is 10.1 Å². The van der Waals surface area contributed by atoms with Crippen LogP contribution in [-0.2, 0) is 6.42 Å². The number of benzene rings is 1. The molecule has 1 aromatic carbocycles. The molecule has 3 heterocycles. The lowest BCUT2D eigenvalue weighted by molar-refractivity contribution is -0.880. The van der Waals surface area contributed by atoms with Gasteiger partial charge in [-0.1, -0.05) is 30.3 Å². The van der Waals surface area contributed by atoms with E-state index in [9.17, 15) is 10.1 Å². The van der Waals surface area contributed by atoms with Gasteiger partial charge in [-0.25, -0.2) is 0 Å². The number of hydrogen-bond acceptors (Lipinski definition) is 7. The molecular formula is C21H30N7O2+. The van der Waals surface area contributed by atoms with Gasteiger partial charge < -0.3 is 20.4 Å². The van der Waals surface area contributed by atoms with Crippen LogP contribution in [0.1, 0.15) is 18.4 Å². The molecular weight excluding hydrogens is 382 g/mol. The van der Waals surface area contributed by atoms with Crippen LogP contribution >= 0.6 is 0 Å². The summed E-state index contributed by atoms with van der Waals surface area (Å²) in [5, 5.41) is 11.7. The first-order valence-corrected chi connectivity index (χ1v) is 10.7. The topological polar surface area (TPSA) is 106 Å². The van der Waals surface area contributed by atoms with E-state index in [4.69, 9.17) is 5.73 Å². The number of hydrogen-bond donors (Lipinski definition) is 2. The van der Waals surface area contributed by atoms with Crippen LogP contribution in [0.3, 0.4) is 0 Å². The zero-order valence-electron chi connectivity index (χ0n) is 17.5. The molecule has 0 radical (unpaired) electrons. The standard InChI is InChI=1S/C21H29N7O2/c1-25-11-13-27(14-12-25)21-23-19(22)18(28(29)30)20(24-21)26-9-7-17(8-10-26)15-16-5-3-2-4-6-16/h2-6,17H,7-15H2,1H3,(H2,22,23,24)/p+1. The van der Waals surface area contributed by atoms with Crippen LogP contribution in [-0.4, -0.2) is 61.2 Å². The molecule has 9 heteroatoms. The predicted molar refractivity (Wildman–Crippen MR) is 117 cm³/mol. The van der Waals surface area contributed by atoms with Gasteiger partial charge in [0.05, 0.1) is 38.2 Å². The quantitative estimate of drug-likeness (QED) is 0.552. The molecule has 9 nitrogen and oxygen atoms in total. The highest BCUT2D eigenvalue weighted by atomic mass is 16.6. The smallest absolute Gasteiger partial charge is 0.353 e. The van der Waals surface area contributed by atoms with Gasteiger partial charge in [0.25, 0.3) is 0 Å². The third-order valence-electron chi connectivity index (χ3n) is 6.24. The van der Waals surface area contributed by atoms with Crippen LogP contribution < -0.4 is 20.4 Å². The van der Waals surface area contributed by atoms with Gasteiger partial charge in [-0.2, -0.15) is 9.97 Å². The molecule has 1 aromatic heterocycles. The fourth-order valence-corrected chi connectivity index (χ4v) is 4.37. The fraction of sp³-hybridized carbons (Fsp3) is 0.524. The van der Waals surface area contributed by atoms with E-state index in [-0.39, 0.29) is 11.5 Å². The molecule has 30 heavy (non-hydrogen) atoms. The van der Waals surface area contributed by atoms with Crippen molar-refractivity contribution in [3.63, 3.8) is 0 Å². The second-order valence-corrected chi connectivity index (χ2v) is 8.40. The van der Waals surface area contributed by atoms with Crippen LogP contribution in [0.5, 0.6) is 0 Å². The van der Waals surface area contributed by atoms with Crippen molar-refractivity contribution >= 4 is 23.3 Å². The number of nitro groups is 1. The maximum atomic E-state index is 11.7. The molecule has 3 N–H and O–H groups in total. The Morgan fingerprint density at radius 1 is 1.10 bits per heavy atom. The minimum atomic E-state index is -0.446. The number of nitrogens with two attached hydrogens (primary N) is 1. The first kappa shape index (κ1) is 20.3. The largest absolute Gasteiger partial charge is 0.378 e. The van der Waals surface area contributed by atoms with Crippen LogP contribution in [0.4, 0.5) is 23.3 Å². The lowest BCUT2D eigenvalue weighted by atomic mass is 9.90. The number of rotatable bonds is 5. The van der Waals surface area contributed by atoms with E-state index >= 15 is 0 Å². The monoisotopic (exact) mass is 412 g/mol. The number of nitrogens with zero attached hydrogens (tertiary/aromatic N) is 5. The van der Waals surface area contributed by atoms with Gasteiger partial charge in [0.1, 0.15) is 0 Å². The van der Waals surface area contributed by atoms with Gasteiger partial charge in [-0.05, 0) is 30.7 Å². The molecule has 4 rings (SSSR count). The summed E-state index contributed by atoms with van der Waals surface area (Å²) in [4.78, 5) is 25.8. The summed E-state index contributed by atoms with van der Waals surface area (Å²) >= 11 is 0. The Hall–Kier alpha value is -2.94. The summed E-state index contributed by atoms with van der Waals surface area (Å²) in [6.45, 7) is 5.09. The van der Waals surface area contributed by atoms with Gasteiger partial charge in [-0.15, -0.1) is 0 Å². The van der Waals surface area contributed by atoms with E-state index < -0.39 is 4.92 Å². The summed E-state index contributed by atoms with van der Waals surface area (Å²) in [5.74, 6) is 1.40. The second-order valence-electron chi connectivity index (χ2n) is 8.40. The first-order valence-electron chi connectivity index (χ1n) is 10.7. The highest BCUT2D eigenvalue weighted by Gasteiger charge is 2.32. The van der Waals surface area contributed by atoms with E-state index in [0.29, 0.717) is 17.7 Å². The molecule has 0 spiro atoms. The molecule has 2 saturated heterocycles. The SMILES string of the molecule is C[NH+]1CCN(c2nc(N)c([N+](=O)[O-])c(N3CCC(Cc4ccccc4)CC3)n2)CC1. The number of piperidine rings is 1. The van der Waals surface area contributed by atoms with E-state index in [2.05, 4.69) is 46.2 Å².